The number of aromatic nitrogens is 2. The van der Waals surface area contributed by atoms with Crippen LogP contribution in [0.4, 0.5) is 0 Å². The van der Waals surface area contributed by atoms with Gasteiger partial charge in [0, 0.05) is 6.04 Å². The number of aryl methyl sites for hydroxylation is 1. The SMILES string of the molecule is CCSc1nc2ccccc2c(=O)n1C(C)CCc1ccccc1. The minimum absolute atomic E-state index is 0.0668. The summed E-state index contributed by atoms with van der Waals surface area (Å²) >= 11 is 1.63. The lowest BCUT2D eigenvalue weighted by molar-refractivity contribution is 0.451. The highest BCUT2D eigenvalue weighted by atomic mass is 32.2. The number of thioether (sulfide) groups is 1. The molecule has 24 heavy (non-hydrogen) atoms. The summed E-state index contributed by atoms with van der Waals surface area (Å²) in [5.41, 5.74) is 2.15. The van der Waals surface area contributed by atoms with Crippen LogP contribution in [0.3, 0.4) is 0 Å². The molecule has 0 N–H and O–H groups in total. The van der Waals surface area contributed by atoms with Crippen molar-refractivity contribution in [3.8, 4) is 0 Å². The second-order valence-corrected chi connectivity index (χ2v) is 7.12. The fourth-order valence-electron chi connectivity index (χ4n) is 2.89. The van der Waals surface area contributed by atoms with Gasteiger partial charge in [-0.25, -0.2) is 4.98 Å². The summed E-state index contributed by atoms with van der Waals surface area (Å²) in [5.74, 6) is 0.899. The lowest BCUT2D eigenvalue weighted by atomic mass is 10.1. The molecule has 1 heterocycles. The summed E-state index contributed by atoms with van der Waals surface area (Å²) in [5, 5.41) is 1.52. The molecule has 1 atom stereocenters. The van der Waals surface area contributed by atoms with Gasteiger partial charge in [-0.2, -0.15) is 0 Å². The van der Waals surface area contributed by atoms with Gasteiger partial charge in [0.25, 0.3) is 5.56 Å². The monoisotopic (exact) mass is 338 g/mol. The fraction of sp³-hybridized carbons (Fsp3) is 0.300. The molecule has 0 aliphatic heterocycles. The molecule has 1 aromatic heterocycles. The average molecular weight is 338 g/mol. The third kappa shape index (κ3) is 3.54. The Hall–Kier alpha value is -2.07. The van der Waals surface area contributed by atoms with E-state index in [2.05, 4.69) is 38.1 Å². The number of rotatable bonds is 6. The molecule has 0 aliphatic rings. The topological polar surface area (TPSA) is 34.9 Å². The van der Waals surface area contributed by atoms with Crippen LogP contribution in [-0.2, 0) is 6.42 Å². The molecule has 1 unspecified atom stereocenters. The molecule has 0 aliphatic carbocycles. The minimum Gasteiger partial charge on any atom is -0.284 e. The summed E-state index contributed by atoms with van der Waals surface area (Å²) < 4.78 is 1.87. The molecule has 0 spiro atoms. The van der Waals surface area contributed by atoms with E-state index in [1.165, 1.54) is 5.56 Å². The van der Waals surface area contributed by atoms with Gasteiger partial charge in [0.1, 0.15) is 0 Å². The molecule has 4 heteroatoms. The van der Waals surface area contributed by atoms with E-state index in [0.717, 1.165) is 29.3 Å². The Morgan fingerprint density at radius 1 is 1.08 bits per heavy atom. The maximum atomic E-state index is 13.0. The van der Waals surface area contributed by atoms with Crippen molar-refractivity contribution in [1.82, 2.24) is 9.55 Å². The van der Waals surface area contributed by atoms with Gasteiger partial charge in [0.05, 0.1) is 10.9 Å². The lowest BCUT2D eigenvalue weighted by Crippen LogP contribution is -2.26. The predicted octanol–water partition coefficient (Wildman–Crippen LogP) is 4.70. The van der Waals surface area contributed by atoms with Crippen LogP contribution in [0.2, 0.25) is 0 Å². The number of fused-ring (bicyclic) bond motifs is 1. The normalized spacial score (nSPS) is 12.4. The van der Waals surface area contributed by atoms with Crippen molar-refractivity contribution in [3.63, 3.8) is 0 Å². The molecule has 0 saturated heterocycles. The van der Waals surface area contributed by atoms with Gasteiger partial charge < -0.3 is 0 Å². The van der Waals surface area contributed by atoms with Gasteiger partial charge in [-0.1, -0.05) is 61.2 Å². The van der Waals surface area contributed by atoms with Crippen LogP contribution in [0.1, 0.15) is 31.9 Å². The lowest BCUT2D eigenvalue weighted by Gasteiger charge is -2.19. The molecule has 2 aromatic carbocycles. The molecular weight excluding hydrogens is 316 g/mol. The second-order valence-electron chi connectivity index (χ2n) is 5.89. The van der Waals surface area contributed by atoms with Crippen molar-refractivity contribution in [1.29, 1.82) is 0 Å². The number of hydrogen-bond donors (Lipinski definition) is 0. The van der Waals surface area contributed by atoms with Crippen LogP contribution in [0.15, 0.2) is 64.5 Å². The fourth-order valence-corrected chi connectivity index (χ4v) is 3.72. The van der Waals surface area contributed by atoms with E-state index in [4.69, 9.17) is 4.98 Å². The van der Waals surface area contributed by atoms with Gasteiger partial charge >= 0.3 is 0 Å². The average Bonchev–Trinajstić information content (AvgIpc) is 2.61. The smallest absolute Gasteiger partial charge is 0.262 e. The highest BCUT2D eigenvalue weighted by Crippen LogP contribution is 2.23. The van der Waals surface area contributed by atoms with Crippen LogP contribution in [0.5, 0.6) is 0 Å². The van der Waals surface area contributed by atoms with Crippen molar-refractivity contribution >= 4 is 22.7 Å². The van der Waals surface area contributed by atoms with Gasteiger partial charge in [-0.15, -0.1) is 0 Å². The number of hydrogen-bond acceptors (Lipinski definition) is 3. The van der Waals surface area contributed by atoms with E-state index in [9.17, 15) is 4.79 Å². The first kappa shape index (κ1) is 16.8. The zero-order chi connectivity index (χ0) is 16.9. The summed E-state index contributed by atoms with van der Waals surface area (Å²) in [6.07, 6.45) is 1.87. The van der Waals surface area contributed by atoms with E-state index < -0.39 is 0 Å². The molecule has 3 aromatic rings. The van der Waals surface area contributed by atoms with Crippen molar-refractivity contribution in [2.24, 2.45) is 0 Å². The predicted molar refractivity (Wildman–Crippen MR) is 102 cm³/mol. The van der Waals surface area contributed by atoms with E-state index in [0.29, 0.717) is 5.39 Å². The second kappa shape index (κ2) is 7.67. The van der Waals surface area contributed by atoms with Crippen LogP contribution in [0, 0.1) is 0 Å². The molecular formula is C20H22N2OS. The number of para-hydroxylation sites is 1. The summed E-state index contributed by atoms with van der Waals surface area (Å²) in [7, 11) is 0. The van der Waals surface area contributed by atoms with E-state index in [-0.39, 0.29) is 11.6 Å². The van der Waals surface area contributed by atoms with Crippen molar-refractivity contribution < 1.29 is 0 Å². The third-order valence-electron chi connectivity index (χ3n) is 4.18. The van der Waals surface area contributed by atoms with Gasteiger partial charge in [0.15, 0.2) is 5.16 Å². The maximum absolute atomic E-state index is 13.0. The van der Waals surface area contributed by atoms with E-state index in [1.54, 1.807) is 11.8 Å². The number of nitrogens with zero attached hydrogens (tertiary/aromatic N) is 2. The van der Waals surface area contributed by atoms with Crippen LogP contribution in [-0.4, -0.2) is 15.3 Å². The van der Waals surface area contributed by atoms with Gasteiger partial charge in [-0.3, -0.25) is 9.36 Å². The quantitative estimate of drug-likeness (QED) is 0.482. The largest absolute Gasteiger partial charge is 0.284 e. The highest BCUT2D eigenvalue weighted by Gasteiger charge is 2.16. The molecule has 0 bridgehead atoms. The molecule has 3 rings (SSSR count). The minimum atomic E-state index is 0.0668. The molecule has 0 amide bonds. The Labute approximate surface area is 146 Å². The van der Waals surface area contributed by atoms with E-state index >= 15 is 0 Å². The molecule has 3 nitrogen and oxygen atoms in total. The Kier molecular flexibility index (Phi) is 5.36. The first-order valence-corrected chi connectivity index (χ1v) is 9.37. The number of benzene rings is 2. The van der Waals surface area contributed by atoms with Crippen LogP contribution < -0.4 is 5.56 Å². The summed E-state index contributed by atoms with van der Waals surface area (Å²) in [6, 6.07) is 18.1. The van der Waals surface area contributed by atoms with Crippen molar-refractivity contribution in [3.05, 3.63) is 70.5 Å². The molecule has 0 radical (unpaired) electrons. The van der Waals surface area contributed by atoms with Gasteiger partial charge in [-0.05, 0) is 43.2 Å². The summed E-state index contributed by atoms with van der Waals surface area (Å²) in [4.78, 5) is 17.7. The Morgan fingerprint density at radius 2 is 1.79 bits per heavy atom. The first-order chi connectivity index (χ1) is 11.7. The van der Waals surface area contributed by atoms with Crippen molar-refractivity contribution in [2.75, 3.05) is 5.75 Å². The van der Waals surface area contributed by atoms with Crippen LogP contribution >= 0.6 is 11.8 Å². The standard InChI is InChI=1S/C20H22N2OS/c1-3-24-20-21-18-12-8-7-11-17(18)19(23)22(20)15(2)13-14-16-9-5-4-6-10-16/h4-12,15H,3,13-14H2,1-2H3. The highest BCUT2D eigenvalue weighted by molar-refractivity contribution is 7.99. The Balaban J connectivity index is 1.95. The zero-order valence-corrected chi connectivity index (χ0v) is 14.9. The Bertz CT molecular complexity index is 874. The molecule has 0 fully saturated rings. The first-order valence-electron chi connectivity index (χ1n) is 8.38. The third-order valence-corrected chi connectivity index (χ3v) is 5.02. The molecule has 0 saturated carbocycles. The van der Waals surface area contributed by atoms with Crippen LogP contribution in [0.25, 0.3) is 10.9 Å². The van der Waals surface area contributed by atoms with Gasteiger partial charge in [0.2, 0.25) is 0 Å². The zero-order valence-electron chi connectivity index (χ0n) is 14.1. The van der Waals surface area contributed by atoms with Crippen molar-refractivity contribution in [2.45, 2.75) is 37.9 Å². The van der Waals surface area contributed by atoms with E-state index in [1.807, 2.05) is 34.9 Å². The summed E-state index contributed by atoms with van der Waals surface area (Å²) in [6.45, 7) is 4.20. The maximum Gasteiger partial charge on any atom is 0.262 e. The molecule has 124 valence electrons. The Morgan fingerprint density at radius 3 is 2.54 bits per heavy atom.